The van der Waals surface area contributed by atoms with Crippen LogP contribution >= 0.6 is 0 Å². The molecule has 0 fully saturated rings. The molecule has 4 heteroatoms. The third-order valence-electron chi connectivity index (χ3n) is 2.13. The van der Waals surface area contributed by atoms with E-state index in [-0.39, 0.29) is 5.82 Å². The Morgan fingerprint density at radius 2 is 1.22 bits per heavy atom. The van der Waals surface area contributed by atoms with Crippen molar-refractivity contribution < 1.29 is 17.6 Å². The van der Waals surface area contributed by atoms with Gasteiger partial charge in [-0.15, -0.1) is 0 Å². The summed E-state index contributed by atoms with van der Waals surface area (Å²) >= 11 is 0. The van der Waals surface area contributed by atoms with Crippen LogP contribution in [0.3, 0.4) is 0 Å². The molecular weight excluding hydrogens is 244 g/mol. The van der Waals surface area contributed by atoms with Gasteiger partial charge in [0.1, 0.15) is 23.3 Å². The predicted molar refractivity (Wildman–Crippen MR) is 62.2 cm³/mol. The molecular formula is C14H12F4. The lowest BCUT2D eigenvalue weighted by atomic mass is 10.2. The summed E-state index contributed by atoms with van der Waals surface area (Å²) in [6.45, 7) is 3.17. The molecule has 0 atom stereocenters. The molecule has 0 aliphatic carbocycles. The molecule has 0 saturated heterocycles. The molecule has 0 bridgehead atoms. The molecule has 0 spiro atoms. The molecule has 18 heavy (non-hydrogen) atoms. The Morgan fingerprint density at radius 3 is 1.61 bits per heavy atom. The topological polar surface area (TPSA) is 0 Å². The molecule has 0 unspecified atom stereocenters. The van der Waals surface area contributed by atoms with Crippen LogP contribution in [0.2, 0.25) is 0 Å². The molecule has 0 aliphatic heterocycles. The van der Waals surface area contributed by atoms with Gasteiger partial charge >= 0.3 is 0 Å². The highest BCUT2D eigenvalue weighted by Crippen LogP contribution is 2.06. The van der Waals surface area contributed by atoms with E-state index in [2.05, 4.69) is 0 Å². The fourth-order valence-electron chi connectivity index (χ4n) is 1.30. The van der Waals surface area contributed by atoms with Gasteiger partial charge in [0, 0.05) is 6.07 Å². The lowest BCUT2D eigenvalue weighted by Crippen LogP contribution is -1.81. The molecule has 0 aliphatic rings. The van der Waals surface area contributed by atoms with Crippen LogP contribution in [0.15, 0.2) is 36.4 Å². The van der Waals surface area contributed by atoms with Crippen LogP contribution in [-0.4, -0.2) is 0 Å². The van der Waals surface area contributed by atoms with Crippen molar-refractivity contribution in [3.63, 3.8) is 0 Å². The Morgan fingerprint density at radius 1 is 0.667 bits per heavy atom. The predicted octanol–water partition coefficient (Wildman–Crippen LogP) is 4.55. The minimum Gasteiger partial charge on any atom is -0.207 e. The largest absolute Gasteiger partial charge is 0.207 e. The van der Waals surface area contributed by atoms with E-state index in [9.17, 15) is 17.6 Å². The molecule has 0 nitrogen and oxygen atoms in total. The monoisotopic (exact) mass is 256 g/mol. The molecule has 2 aromatic rings. The van der Waals surface area contributed by atoms with Gasteiger partial charge in [-0.1, -0.05) is 0 Å². The van der Waals surface area contributed by atoms with E-state index in [4.69, 9.17) is 0 Å². The SMILES string of the molecule is Cc1cc(F)cc(F)c1.Cc1cc(F)ccc1F. The quantitative estimate of drug-likeness (QED) is 0.607. The zero-order valence-corrected chi connectivity index (χ0v) is 9.98. The van der Waals surface area contributed by atoms with Gasteiger partial charge in [0.05, 0.1) is 0 Å². The summed E-state index contributed by atoms with van der Waals surface area (Å²) in [6, 6.07) is 6.79. The van der Waals surface area contributed by atoms with Crippen molar-refractivity contribution in [3.05, 3.63) is 70.8 Å². The summed E-state index contributed by atoms with van der Waals surface area (Å²) in [5.74, 6) is -1.80. The maximum Gasteiger partial charge on any atom is 0.126 e. The second-order valence-electron chi connectivity index (χ2n) is 3.84. The number of halogens is 4. The first kappa shape index (κ1) is 14.2. The van der Waals surface area contributed by atoms with Gasteiger partial charge in [-0.2, -0.15) is 0 Å². The number of hydrogen-bond acceptors (Lipinski definition) is 0. The van der Waals surface area contributed by atoms with Gasteiger partial charge < -0.3 is 0 Å². The van der Waals surface area contributed by atoms with E-state index < -0.39 is 17.5 Å². The lowest BCUT2D eigenvalue weighted by molar-refractivity contribution is 0.581. The van der Waals surface area contributed by atoms with Crippen LogP contribution in [0, 0.1) is 37.1 Å². The fourth-order valence-corrected chi connectivity index (χ4v) is 1.30. The Kier molecular flexibility index (Phi) is 4.89. The maximum absolute atomic E-state index is 12.3. The minimum absolute atomic E-state index is 0.343. The van der Waals surface area contributed by atoms with Crippen LogP contribution in [0.25, 0.3) is 0 Å². The Bertz CT molecular complexity index is 485. The van der Waals surface area contributed by atoms with Crippen LogP contribution < -0.4 is 0 Å². The molecule has 0 aromatic heterocycles. The summed E-state index contributed by atoms with van der Waals surface area (Å²) in [6.07, 6.45) is 0. The molecule has 96 valence electrons. The van der Waals surface area contributed by atoms with Crippen molar-refractivity contribution in [2.75, 3.05) is 0 Å². The van der Waals surface area contributed by atoms with Crippen molar-refractivity contribution in [1.29, 1.82) is 0 Å². The molecule has 0 saturated carbocycles. The molecule has 0 heterocycles. The normalized spacial score (nSPS) is 9.67. The van der Waals surface area contributed by atoms with Crippen LogP contribution in [0.4, 0.5) is 17.6 Å². The third-order valence-corrected chi connectivity index (χ3v) is 2.13. The first-order valence-corrected chi connectivity index (χ1v) is 5.23. The standard InChI is InChI=1S/2C7H6F2/c1-5-2-6(8)4-7(9)3-5;1-5-4-6(8)2-3-7(5)9/h2*2-4H,1H3. The number of benzene rings is 2. The van der Waals surface area contributed by atoms with E-state index >= 15 is 0 Å². The van der Waals surface area contributed by atoms with Gasteiger partial charge in [-0.3, -0.25) is 0 Å². The first-order chi connectivity index (χ1) is 8.38. The summed E-state index contributed by atoms with van der Waals surface area (Å²) < 4.78 is 48.9. The summed E-state index contributed by atoms with van der Waals surface area (Å²) in [7, 11) is 0. The molecule has 0 N–H and O–H groups in total. The number of hydrogen-bond donors (Lipinski definition) is 0. The van der Waals surface area contributed by atoms with E-state index in [1.807, 2.05) is 0 Å². The average Bonchev–Trinajstić information content (AvgIpc) is 2.23. The fraction of sp³-hybridized carbons (Fsp3) is 0.143. The number of aryl methyl sites for hydroxylation is 2. The van der Waals surface area contributed by atoms with Gasteiger partial charge in [0.2, 0.25) is 0 Å². The minimum atomic E-state index is -0.521. The van der Waals surface area contributed by atoms with Crippen molar-refractivity contribution in [2.24, 2.45) is 0 Å². The van der Waals surface area contributed by atoms with E-state index in [1.54, 1.807) is 6.92 Å². The zero-order chi connectivity index (χ0) is 13.7. The van der Waals surface area contributed by atoms with Crippen molar-refractivity contribution >= 4 is 0 Å². The van der Waals surface area contributed by atoms with Crippen LogP contribution in [-0.2, 0) is 0 Å². The van der Waals surface area contributed by atoms with Crippen molar-refractivity contribution in [2.45, 2.75) is 13.8 Å². The lowest BCUT2D eigenvalue weighted by Gasteiger charge is -1.92. The summed E-state index contributed by atoms with van der Waals surface area (Å²) in [4.78, 5) is 0. The highest BCUT2D eigenvalue weighted by molar-refractivity contribution is 5.16. The maximum atomic E-state index is 12.3. The smallest absolute Gasteiger partial charge is 0.126 e. The van der Waals surface area contributed by atoms with E-state index in [0.29, 0.717) is 11.1 Å². The van der Waals surface area contributed by atoms with Gasteiger partial charge in [-0.25, -0.2) is 17.6 Å². The summed E-state index contributed by atoms with van der Waals surface area (Å²) in [5, 5.41) is 0. The Hall–Kier alpha value is -1.84. The van der Waals surface area contributed by atoms with Gasteiger partial charge in [0.25, 0.3) is 0 Å². The second kappa shape index (κ2) is 6.19. The van der Waals surface area contributed by atoms with Gasteiger partial charge in [0.15, 0.2) is 0 Å². The highest BCUT2D eigenvalue weighted by atomic mass is 19.1. The van der Waals surface area contributed by atoms with Gasteiger partial charge in [-0.05, 0) is 55.3 Å². The molecule has 2 aromatic carbocycles. The third kappa shape index (κ3) is 4.57. The van der Waals surface area contributed by atoms with Crippen LogP contribution in [0.5, 0.6) is 0 Å². The first-order valence-electron chi connectivity index (χ1n) is 5.23. The van der Waals surface area contributed by atoms with E-state index in [0.717, 1.165) is 24.3 Å². The zero-order valence-electron chi connectivity index (χ0n) is 9.98. The Labute approximate surface area is 103 Å². The second-order valence-corrected chi connectivity index (χ2v) is 3.84. The van der Waals surface area contributed by atoms with Crippen LogP contribution in [0.1, 0.15) is 11.1 Å². The van der Waals surface area contributed by atoms with E-state index in [1.165, 1.54) is 19.1 Å². The average molecular weight is 256 g/mol. The highest BCUT2D eigenvalue weighted by Gasteiger charge is 1.95. The van der Waals surface area contributed by atoms with Crippen molar-refractivity contribution in [1.82, 2.24) is 0 Å². The molecule has 0 amide bonds. The summed E-state index contributed by atoms with van der Waals surface area (Å²) in [5.41, 5.74) is 0.947. The molecule has 0 radical (unpaired) electrons. The molecule has 2 rings (SSSR count). The van der Waals surface area contributed by atoms with Crippen molar-refractivity contribution in [3.8, 4) is 0 Å². The number of rotatable bonds is 0. The Balaban J connectivity index is 0.000000180.